The molecule has 4 nitrogen and oxygen atoms in total. The SMILES string of the molecule is COc1ccn2nc(CC3CCSC3)nc2c1. The van der Waals surface area contributed by atoms with Crippen molar-refractivity contribution in [3.8, 4) is 5.75 Å². The molecule has 0 spiro atoms. The topological polar surface area (TPSA) is 39.4 Å². The normalized spacial score (nSPS) is 19.9. The van der Waals surface area contributed by atoms with Gasteiger partial charge in [-0.05, 0) is 29.9 Å². The summed E-state index contributed by atoms with van der Waals surface area (Å²) < 4.78 is 7.00. The highest BCUT2D eigenvalue weighted by atomic mass is 32.2. The van der Waals surface area contributed by atoms with Gasteiger partial charge in [-0.25, -0.2) is 9.50 Å². The molecule has 3 heterocycles. The molecule has 0 bridgehead atoms. The van der Waals surface area contributed by atoms with Gasteiger partial charge in [0.05, 0.1) is 7.11 Å². The lowest BCUT2D eigenvalue weighted by Gasteiger charge is -2.02. The summed E-state index contributed by atoms with van der Waals surface area (Å²) in [6.07, 6.45) is 4.19. The number of rotatable bonds is 3. The first-order valence-electron chi connectivity index (χ1n) is 5.82. The van der Waals surface area contributed by atoms with E-state index in [1.807, 2.05) is 34.6 Å². The van der Waals surface area contributed by atoms with Crippen molar-refractivity contribution >= 4 is 17.4 Å². The Balaban J connectivity index is 1.85. The van der Waals surface area contributed by atoms with Crippen molar-refractivity contribution in [2.24, 2.45) is 5.92 Å². The van der Waals surface area contributed by atoms with Crippen LogP contribution in [0, 0.1) is 5.92 Å². The van der Waals surface area contributed by atoms with E-state index >= 15 is 0 Å². The lowest BCUT2D eigenvalue weighted by atomic mass is 10.1. The monoisotopic (exact) mass is 249 g/mol. The predicted octanol–water partition coefficient (Wildman–Crippen LogP) is 2.03. The van der Waals surface area contributed by atoms with Crippen molar-refractivity contribution in [3.05, 3.63) is 24.2 Å². The fourth-order valence-electron chi connectivity index (χ4n) is 2.12. The molecule has 2 aromatic heterocycles. The van der Waals surface area contributed by atoms with E-state index < -0.39 is 0 Å². The van der Waals surface area contributed by atoms with Crippen LogP contribution in [0.1, 0.15) is 12.2 Å². The van der Waals surface area contributed by atoms with Crippen LogP contribution in [0.15, 0.2) is 18.3 Å². The van der Waals surface area contributed by atoms with Crippen LogP contribution in [-0.2, 0) is 6.42 Å². The van der Waals surface area contributed by atoms with Crippen LogP contribution in [0.5, 0.6) is 5.75 Å². The molecule has 0 saturated carbocycles. The van der Waals surface area contributed by atoms with Gasteiger partial charge in [0.25, 0.3) is 0 Å². The third-order valence-corrected chi connectivity index (χ3v) is 4.32. The molecule has 0 N–H and O–H groups in total. The first-order valence-corrected chi connectivity index (χ1v) is 6.97. The Bertz CT molecular complexity index is 519. The Morgan fingerprint density at radius 1 is 1.59 bits per heavy atom. The largest absolute Gasteiger partial charge is 0.497 e. The standard InChI is InChI=1S/C12H15N3OS/c1-16-10-2-4-15-12(7-10)13-11(14-15)6-9-3-5-17-8-9/h2,4,7,9H,3,5-6,8H2,1H3. The van der Waals surface area contributed by atoms with Crippen LogP contribution < -0.4 is 4.74 Å². The van der Waals surface area contributed by atoms with Crippen molar-refractivity contribution in [1.82, 2.24) is 14.6 Å². The number of methoxy groups -OCH3 is 1. The highest BCUT2D eigenvalue weighted by Crippen LogP contribution is 2.26. The highest BCUT2D eigenvalue weighted by molar-refractivity contribution is 7.99. The summed E-state index contributed by atoms with van der Waals surface area (Å²) in [4.78, 5) is 4.55. The van der Waals surface area contributed by atoms with Gasteiger partial charge in [-0.1, -0.05) is 0 Å². The van der Waals surface area contributed by atoms with E-state index in [1.54, 1.807) is 7.11 Å². The maximum absolute atomic E-state index is 5.18. The number of thioether (sulfide) groups is 1. The summed E-state index contributed by atoms with van der Waals surface area (Å²) in [5.41, 5.74) is 0.866. The van der Waals surface area contributed by atoms with Crippen molar-refractivity contribution < 1.29 is 4.74 Å². The zero-order chi connectivity index (χ0) is 11.7. The third kappa shape index (κ3) is 2.24. The molecule has 3 rings (SSSR count). The molecule has 1 atom stereocenters. The van der Waals surface area contributed by atoms with Gasteiger partial charge in [-0.2, -0.15) is 16.9 Å². The van der Waals surface area contributed by atoms with Crippen molar-refractivity contribution in [2.45, 2.75) is 12.8 Å². The summed E-state index contributed by atoms with van der Waals surface area (Å²) in [6, 6.07) is 3.82. The maximum Gasteiger partial charge on any atom is 0.159 e. The quantitative estimate of drug-likeness (QED) is 0.834. The van der Waals surface area contributed by atoms with Crippen molar-refractivity contribution in [1.29, 1.82) is 0 Å². The average Bonchev–Trinajstić information content (AvgIpc) is 2.96. The molecule has 1 unspecified atom stereocenters. The zero-order valence-electron chi connectivity index (χ0n) is 9.80. The van der Waals surface area contributed by atoms with Gasteiger partial charge in [-0.15, -0.1) is 0 Å². The number of nitrogens with zero attached hydrogens (tertiary/aromatic N) is 3. The first-order chi connectivity index (χ1) is 8.35. The number of fused-ring (bicyclic) bond motifs is 1. The first kappa shape index (κ1) is 10.9. The molecule has 1 fully saturated rings. The van der Waals surface area contributed by atoms with Gasteiger partial charge in [0, 0.05) is 18.7 Å². The minimum atomic E-state index is 0.749. The van der Waals surface area contributed by atoms with Crippen molar-refractivity contribution in [2.75, 3.05) is 18.6 Å². The lowest BCUT2D eigenvalue weighted by molar-refractivity contribution is 0.414. The van der Waals surface area contributed by atoms with Crippen LogP contribution in [0.4, 0.5) is 0 Å². The maximum atomic E-state index is 5.18. The smallest absolute Gasteiger partial charge is 0.159 e. The van der Waals surface area contributed by atoms with E-state index in [0.717, 1.165) is 29.6 Å². The molecular weight excluding hydrogens is 234 g/mol. The number of aromatic nitrogens is 3. The summed E-state index contributed by atoms with van der Waals surface area (Å²) in [6.45, 7) is 0. The fourth-order valence-corrected chi connectivity index (χ4v) is 3.41. The summed E-state index contributed by atoms with van der Waals surface area (Å²) in [7, 11) is 1.67. The van der Waals surface area contributed by atoms with Gasteiger partial charge < -0.3 is 4.74 Å². The molecule has 0 aliphatic carbocycles. The Labute approximate surface area is 104 Å². The average molecular weight is 249 g/mol. The molecule has 0 amide bonds. The summed E-state index contributed by atoms with van der Waals surface area (Å²) in [5, 5.41) is 4.49. The highest BCUT2D eigenvalue weighted by Gasteiger charge is 2.18. The second-order valence-corrected chi connectivity index (χ2v) is 5.48. The molecule has 2 aromatic rings. The third-order valence-electron chi connectivity index (χ3n) is 3.08. The predicted molar refractivity (Wildman–Crippen MR) is 68.7 cm³/mol. The van der Waals surface area contributed by atoms with E-state index in [2.05, 4.69) is 10.1 Å². The molecule has 0 radical (unpaired) electrons. The van der Waals surface area contributed by atoms with Crippen molar-refractivity contribution in [3.63, 3.8) is 0 Å². The Hall–Kier alpha value is -1.23. The molecule has 0 aromatic carbocycles. The molecule has 1 aliphatic heterocycles. The number of hydrogen-bond donors (Lipinski definition) is 0. The van der Waals surface area contributed by atoms with E-state index in [1.165, 1.54) is 17.9 Å². The molecule has 17 heavy (non-hydrogen) atoms. The molecule has 90 valence electrons. The van der Waals surface area contributed by atoms with Gasteiger partial charge in [-0.3, -0.25) is 0 Å². The van der Waals surface area contributed by atoms with Gasteiger partial charge in [0.1, 0.15) is 5.75 Å². The number of pyridine rings is 1. The van der Waals surface area contributed by atoms with Gasteiger partial charge in [0.2, 0.25) is 0 Å². The van der Waals surface area contributed by atoms with Gasteiger partial charge >= 0.3 is 0 Å². The van der Waals surface area contributed by atoms with E-state index in [9.17, 15) is 0 Å². The van der Waals surface area contributed by atoms with Crippen LogP contribution in [0.2, 0.25) is 0 Å². The van der Waals surface area contributed by atoms with E-state index in [-0.39, 0.29) is 0 Å². The van der Waals surface area contributed by atoms with Crippen LogP contribution >= 0.6 is 11.8 Å². The second kappa shape index (κ2) is 4.56. The van der Waals surface area contributed by atoms with Gasteiger partial charge in [0.15, 0.2) is 11.5 Å². The summed E-state index contributed by atoms with van der Waals surface area (Å²) >= 11 is 2.03. The van der Waals surface area contributed by atoms with Crippen LogP contribution in [0.25, 0.3) is 5.65 Å². The molecule has 1 saturated heterocycles. The number of hydrogen-bond acceptors (Lipinski definition) is 4. The van der Waals surface area contributed by atoms with Crippen LogP contribution in [-0.4, -0.2) is 33.2 Å². The molecule has 1 aliphatic rings. The Kier molecular flexibility index (Phi) is 2.93. The van der Waals surface area contributed by atoms with E-state index in [4.69, 9.17) is 4.74 Å². The number of ether oxygens (including phenoxy) is 1. The molecular formula is C12H15N3OS. The van der Waals surface area contributed by atoms with E-state index in [0.29, 0.717) is 0 Å². The summed E-state index contributed by atoms with van der Waals surface area (Å²) in [5.74, 6) is 5.06. The lowest BCUT2D eigenvalue weighted by Crippen LogP contribution is -2.04. The Morgan fingerprint density at radius 2 is 2.53 bits per heavy atom. The fraction of sp³-hybridized carbons (Fsp3) is 0.500. The zero-order valence-corrected chi connectivity index (χ0v) is 10.6. The molecule has 5 heteroatoms. The second-order valence-electron chi connectivity index (χ2n) is 4.33. The minimum Gasteiger partial charge on any atom is -0.497 e. The van der Waals surface area contributed by atoms with Crippen LogP contribution in [0.3, 0.4) is 0 Å². The minimum absolute atomic E-state index is 0.749. The Morgan fingerprint density at radius 3 is 3.29 bits per heavy atom.